The standard InChI is InChI=1S/C24H24N4O3S/c1-2-22-23(26-11-1)27-24(32-22)31-19-5-3-18(4-6-19)29-17-16-28-14-9-21(10-15-28)30-20-7-12-25-13-8-20/h1-8,11-13,21H,9-10,14-17H2. The Labute approximate surface area is 190 Å². The number of ether oxygens (including phenoxy) is 3. The average molecular weight is 449 g/mol. The Balaban J connectivity index is 1.04. The number of hydrogen-bond acceptors (Lipinski definition) is 8. The largest absolute Gasteiger partial charge is 0.492 e. The Kier molecular flexibility index (Phi) is 6.41. The van der Waals surface area contributed by atoms with Gasteiger partial charge in [0.05, 0.1) is 4.70 Å². The van der Waals surface area contributed by atoms with E-state index < -0.39 is 0 Å². The van der Waals surface area contributed by atoms with Crippen molar-refractivity contribution in [2.75, 3.05) is 26.2 Å². The highest BCUT2D eigenvalue weighted by molar-refractivity contribution is 7.20. The Morgan fingerprint density at radius 2 is 1.69 bits per heavy atom. The molecule has 3 aromatic heterocycles. The van der Waals surface area contributed by atoms with Gasteiger partial charge in [0.2, 0.25) is 0 Å². The zero-order valence-corrected chi connectivity index (χ0v) is 18.4. The molecule has 0 saturated carbocycles. The van der Waals surface area contributed by atoms with E-state index in [0.29, 0.717) is 17.4 Å². The van der Waals surface area contributed by atoms with Crippen LogP contribution in [0, 0.1) is 0 Å². The van der Waals surface area contributed by atoms with Crippen molar-refractivity contribution in [1.29, 1.82) is 0 Å². The van der Waals surface area contributed by atoms with E-state index in [0.717, 1.165) is 54.4 Å². The van der Waals surface area contributed by atoms with Crippen LogP contribution in [-0.4, -0.2) is 52.2 Å². The predicted molar refractivity (Wildman–Crippen MR) is 124 cm³/mol. The fourth-order valence-electron chi connectivity index (χ4n) is 3.65. The van der Waals surface area contributed by atoms with Gasteiger partial charge in [0, 0.05) is 38.2 Å². The number of likely N-dealkylation sites (tertiary alicyclic amines) is 1. The molecule has 0 bridgehead atoms. The molecule has 8 heteroatoms. The van der Waals surface area contributed by atoms with E-state index in [-0.39, 0.29) is 6.10 Å². The summed E-state index contributed by atoms with van der Waals surface area (Å²) in [7, 11) is 0. The number of nitrogens with zero attached hydrogens (tertiary/aromatic N) is 4. The lowest BCUT2D eigenvalue weighted by Gasteiger charge is -2.32. The molecule has 0 unspecified atom stereocenters. The van der Waals surface area contributed by atoms with Gasteiger partial charge in [-0.1, -0.05) is 11.3 Å². The minimum absolute atomic E-state index is 0.272. The lowest BCUT2D eigenvalue weighted by Crippen LogP contribution is -2.40. The van der Waals surface area contributed by atoms with Crippen LogP contribution in [0.2, 0.25) is 0 Å². The lowest BCUT2D eigenvalue weighted by molar-refractivity contribution is 0.0915. The minimum Gasteiger partial charge on any atom is -0.492 e. The predicted octanol–water partition coefficient (Wildman–Crippen LogP) is 4.80. The Morgan fingerprint density at radius 1 is 0.906 bits per heavy atom. The molecule has 1 aliphatic heterocycles. The number of benzene rings is 1. The summed E-state index contributed by atoms with van der Waals surface area (Å²) in [6, 6.07) is 15.4. The van der Waals surface area contributed by atoms with Crippen molar-refractivity contribution < 1.29 is 14.2 Å². The van der Waals surface area contributed by atoms with Crippen LogP contribution >= 0.6 is 11.3 Å². The van der Waals surface area contributed by atoms with Gasteiger partial charge in [-0.25, -0.2) is 4.98 Å². The summed E-state index contributed by atoms with van der Waals surface area (Å²) in [5.41, 5.74) is 0.709. The Bertz CT molecular complexity index is 1100. The molecule has 4 heterocycles. The zero-order chi connectivity index (χ0) is 21.6. The lowest BCUT2D eigenvalue weighted by atomic mass is 10.1. The van der Waals surface area contributed by atoms with Gasteiger partial charge in [-0.3, -0.25) is 9.88 Å². The summed E-state index contributed by atoms with van der Waals surface area (Å²) in [5, 5.41) is 0.587. The number of rotatable bonds is 8. The maximum absolute atomic E-state index is 6.03. The second kappa shape index (κ2) is 9.93. The molecule has 1 fully saturated rings. The van der Waals surface area contributed by atoms with Gasteiger partial charge in [-0.05, 0) is 61.4 Å². The van der Waals surface area contributed by atoms with Crippen molar-refractivity contribution in [3.05, 3.63) is 67.1 Å². The maximum atomic E-state index is 6.03. The van der Waals surface area contributed by atoms with E-state index in [1.54, 1.807) is 18.6 Å². The molecule has 0 atom stereocenters. The van der Waals surface area contributed by atoms with Crippen LogP contribution in [-0.2, 0) is 0 Å². The minimum atomic E-state index is 0.272. The normalized spacial score (nSPS) is 15.0. The van der Waals surface area contributed by atoms with E-state index in [4.69, 9.17) is 14.2 Å². The molecule has 0 amide bonds. The third-order valence-electron chi connectivity index (χ3n) is 5.34. The van der Waals surface area contributed by atoms with Crippen molar-refractivity contribution >= 4 is 21.7 Å². The van der Waals surface area contributed by atoms with Crippen LogP contribution in [0.25, 0.3) is 10.3 Å². The van der Waals surface area contributed by atoms with Gasteiger partial charge in [-0.2, -0.15) is 4.98 Å². The van der Waals surface area contributed by atoms with Gasteiger partial charge in [0.1, 0.15) is 30.0 Å². The molecule has 1 saturated heterocycles. The first-order chi connectivity index (χ1) is 15.8. The molecular weight excluding hydrogens is 424 g/mol. The maximum Gasteiger partial charge on any atom is 0.281 e. The summed E-state index contributed by atoms with van der Waals surface area (Å²) in [6.07, 6.45) is 7.58. The smallest absolute Gasteiger partial charge is 0.281 e. The Morgan fingerprint density at radius 3 is 2.47 bits per heavy atom. The highest BCUT2D eigenvalue weighted by Gasteiger charge is 2.20. The van der Waals surface area contributed by atoms with E-state index in [1.807, 2.05) is 48.5 Å². The second-order valence-corrected chi connectivity index (χ2v) is 8.56. The SMILES string of the molecule is c1cnc2nc(Oc3ccc(OCCN4CCC(Oc5ccncc5)CC4)cc3)sc2c1. The zero-order valence-electron chi connectivity index (χ0n) is 17.6. The molecule has 5 rings (SSSR count). The molecule has 0 spiro atoms. The number of thiazole rings is 1. The van der Waals surface area contributed by atoms with E-state index >= 15 is 0 Å². The molecule has 32 heavy (non-hydrogen) atoms. The van der Waals surface area contributed by atoms with Gasteiger partial charge in [-0.15, -0.1) is 0 Å². The third kappa shape index (κ3) is 5.33. The molecule has 0 radical (unpaired) electrons. The van der Waals surface area contributed by atoms with E-state index in [9.17, 15) is 0 Å². The van der Waals surface area contributed by atoms with E-state index in [1.165, 1.54) is 11.3 Å². The fourth-order valence-corrected chi connectivity index (χ4v) is 4.44. The van der Waals surface area contributed by atoms with Gasteiger partial charge in [0.25, 0.3) is 5.19 Å². The first kappa shape index (κ1) is 20.7. The highest BCUT2D eigenvalue weighted by atomic mass is 32.1. The molecule has 4 aromatic rings. The van der Waals surface area contributed by atoms with Crippen LogP contribution in [0.15, 0.2) is 67.1 Å². The van der Waals surface area contributed by atoms with Crippen LogP contribution in [0.3, 0.4) is 0 Å². The van der Waals surface area contributed by atoms with Gasteiger partial charge >= 0.3 is 0 Å². The van der Waals surface area contributed by atoms with Crippen molar-refractivity contribution in [2.24, 2.45) is 0 Å². The molecule has 7 nitrogen and oxygen atoms in total. The highest BCUT2D eigenvalue weighted by Crippen LogP contribution is 2.30. The van der Waals surface area contributed by atoms with Crippen LogP contribution in [0.4, 0.5) is 0 Å². The summed E-state index contributed by atoms with van der Waals surface area (Å²) >= 11 is 1.48. The summed E-state index contributed by atoms with van der Waals surface area (Å²) in [4.78, 5) is 15.1. The third-order valence-corrected chi connectivity index (χ3v) is 6.23. The number of pyridine rings is 2. The summed E-state index contributed by atoms with van der Waals surface area (Å²) < 4.78 is 18.8. The number of fused-ring (bicyclic) bond motifs is 1. The number of aromatic nitrogens is 3. The molecular formula is C24H24N4O3S. The van der Waals surface area contributed by atoms with Crippen LogP contribution in [0.5, 0.6) is 22.4 Å². The van der Waals surface area contributed by atoms with Crippen LogP contribution in [0.1, 0.15) is 12.8 Å². The van der Waals surface area contributed by atoms with Crippen molar-refractivity contribution in [3.8, 4) is 22.4 Å². The molecule has 164 valence electrons. The fraction of sp³-hybridized carbons (Fsp3) is 0.292. The van der Waals surface area contributed by atoms with E-state index in [2.05, 4.69) is 19.9 Å². The Hall–Kier alpha value is -3.23. The van der Waals surface area contributed by atoms with Crippen LogP contribution < -0.4 is 14.2 Å². The molecule has 1 aromatic carbocycles. The quantitative estimate of drug-likeness (QED) is 0.383. The van der Waals surface area contributed by atoms with Gasteiger partial charge < -0.3 is 14.2 Å². The molecule has 1 aliphatic rings. The molecule has 0 N–H and O–H groups in total. The summed E-state index contributed by atoms with van der Waals surface area (Å²) in [6.45, 7) is 3.59. The number of piperidine rings is 1. The first-order valence-corrected chi connectivity index (χ1v) is 11.5. The number of hydrogen-bond donors (Lipinski definition) is 0. The average Bonchev–Trinajstić information content (AvgIpc) is 3.24. The van der Waals surface area contributed by atoms with Crippen molar-refractivity contribution in [3.63, 3.8) is 0 Å². The topological polar surface area (TPSA) is 69.6 Å². The van der Waals surface area contributed by atoms with Crippen molar-refractivity contribution in [2.45, 2.75) is 18.9 Å². The van der Waals surface area contributed by atoms with Gasteiger partial charge in [0.15, 0.2) is 5.65 Å². The molecule has 0 aliphatic carbocycles. The summed E-state index contributed by atoms with van der Waals surface area (Å²) in [5.74, 6) is 2.46. The monoisotopic (exact) mass is 448 g/mol. The van der Waals surface area contributed by atoms with Crippen molar-refractivity contribution in [1.82, 2.24) is 19.9 Å². The first-order valence-electron chi connectivity index (χ1n) is 10.7. The second-order valence-electron chi connectivity index (χ2n) is 7.57.